The van der Waals surface area contributed by atoms with Crippen LogP contribution in [0.2, 0.25) is 0 Å². The minimum absolute atomic E-state index is 0.806. The van der Waals surface area contributed by atoms with E-state index >= 15 is 0 Å². The first-order chi connectivity index (χ1) is 4.36. The van der Waals surface area contributed by atoms with Crippen LogP contribution in [0, 0.1) is 5.92 Å². The third kappa shape index (κ3) is 0.877. The molecule has 0 aromatic carbocycles. The molecule has 0 radical (unpaired) electrons. The lowest BCUT2D eigenvalue weighted by Gasteiger charge is -2.06. The minimum Gasteiger partial charge on any atom is -0.311 e. The molecule has 1 aliphatic heterocycles. The highest BCUT2D eigenvalue weighted by Gasteiger charge is 2.34. The molecule has 1 N–H and O–H groups in total. The Morgan fingerprint density at radius 2 is 2.22 bits per heavy atom. The van der Waals surface area contributed by atoms with Crippen molar-refractivity contribution in [3.8, 4) is 0 Å². The lowest BCUT2D eigenvalue weighted by molar-refractivity contribution is 0.518. The molecule has 0 aromatic heterocycles. The van der Waals surface area contributed by atoms with E-state index in [1.54, 1.807) is 0 Å². The fourth-order valence-corrected chi connectivity index (χ4v) is 2.43. The van der Waals surface area contributed by atoms with Crippen molar-refractivity contribution in [1.29, 1.82) is 0 Å². The third-order valence-electron chi connectivity index (χ3n) is 2.81. The van der Waals surface area contributed by atoms with Gasteiger partial charge in [0.2, 0.25) is 0 Å². The molecule has 52 valence electrons. The maximum atomic E-state index is 3.62. The van der Waals surface area contributed by atoms with E-state index in [9.17, 15) is 0 Å². The van der Waals surface area contributed by atoms with Gasteiger partial charge in [0.15, 0.2) is 0 Å². The molecule has 1 nitrogen and oxygen atoms in total. The van der Waals surface area contributed by atoms with Crippen molar-refractivity contribution in [1.82, 2.24) is 5.32 Å². The molecule has 2 rings (SSSR count). The second-order valence-electron chi connectivity index (χ2n) is 3.60. The van der Waals surface area contributed by atoms with Gasteiger partial charge in [-0.2, -0.15) is 0 Å². The van der Waals surface area contributed by atoms with Crippen LogP contribution >= 0.6 is 0 Å². The molecular formula is C8H15N. The third-order valence-corrected chi connectivity index (χ3v) is 2.81. The van der Waals surface area contributed by atoms with Gasteiger partial charge in [0, 0.05) is 12.1 Å². The fourth-order valence-electron chi connectivity index (χ4n) is 2.43. The zero-order valence-electron chi connectivity index (χ0n) is 6.06. The minimum atomic E-state index is 0.806. The van der Waals surface area contributed by atoms with Crippen LogP contribution in [0.4, 0.5) is 0 Å². The predicted octanol–water partition coefficient (Wildman–Crippen LogP) is 1.54. The zero-order valence-corrected chi connectivity index (χ0v) is 6.06. The Kier molecular flexibility index (Phi) is 1.26. The summed E-state index contributed by atoms with van der Waals surface area (Å²) in [5.74, 6) is 1.04. The van der Waals surface area contributed by atoms with Crippen LogP contribution in [0.5, 0.6) is 0 Å². The van der Waals surface area contributed by atoms with Gasteiger partial charge in [-0.1, -0.05) is 6.42 Å². The van der Waals surface area contributed by atoms with Crippen molar-refractivity contribution >= 4 is 0 Å². The summed E-state index contributed by atoms with van der Waals surface area (Å²) in [5, 5.41) is 3.62. The quantitative estimate of drug-likeness (QED) is 0.518. The van der Waals surface area contributed by atoms with Gasteiger partial charge in [0.05, 0.1) is 0 Å². The molecular weight excluding hydrogens is 110 g/mol. The van der Waals surface area contributed by atoms with Gasteiger partial charge >= 0.3 is 0 Å². The molecule has 1 aliphatic carbocycles. The van der Waals surface area contributed by atoms with Crippen LogP contribution in [-0.2, 0) is 0 Å². The maximum absolute atomic E-state index is 3.62. The molecule has 1 heterocycles. The van der Waals surface area contributed by atoms with E-state index in [2.05, 4.69) is 12.2 Å². The fraction of sp³-hybridized carbons (Fsp3) is 1.00. The molecule has 0 bridgehead atoms. The number of fused-ring (bicyclic) bond motifs is 1. The molecule has 2 fully saturated rings. The number of hydrogen-bond donors (Lipinski definition) is 1. The van der Waals surface area contributed by atoms with Crippen LogP contribution in [0.15, 0.2) is 0 Å². The Hall–Kier alpha value is -0.0400. The smallest absolute Gasteiger partial charge is 0.00983 e. The maximum Gasteiger partial charge on any atom is 0.00983 e. The standard InChI is InChI=1S/C8H15N/c1-6-5-7-3-2-4-8(7)9-6/h6-9H,2-5H2,1H3. The SMILES string of the molecule is CC1CC2CCCC2N1. The van der Waals surface area contributed by atoms with Crippen LogP contribution in [0.1, 0.15) is 32.6 Å². The topological polar surface area (TPSA) is 12.0 Å². The number of nitrogens with one attached hydrogen (secondary N) is 1. The molecule has 2 aliphatic rings. The van der Waals surface area contributed by atoms with Crippen molar-refractivity contribution in [3.63, 3.8) is 0 Å². The van der Waals surface area contributed by atoms with Crippen LogP contribution in [0.25, 0.3) is 0 Å². The van der Waals surface area contributed by atoms with Crippen LogP contribution in [-0.4, -0.2) is 12.1 Å². The predicted molar refractivity (Wildman–Crippen MR) is 38.3 cm³/mol. The van der Waals surface area contributed by atoms with Crippen LogP contribution < -0.4 is 5.32 Å². The first-order valence-electron chi connectivity index (χ1n) is 4.12. The van der Waals surface area contributed by atoms with Crippen molar-refractivity contribution in [2.75, 3.05) is 0 Å². The number of hydrogen-bond acceptors (Lipinski definition) is 1. The lowest BCUT2D eigenvalue weighted by Crippen LogP contribution is -2.26. The molecule has 0 aromatic rings. The van der Waals surface area contributed by atoms with E-state index in [1.165, 1.54) is 25.7 Å². The summed E-state index contributed by atoms with van der Waals surface area (Å²) < 4.78 is 0. The summed E-state index contributed by atoms with van der Waals surface area (Å²) in [5.41, 5.74) is 0. The molecule has 0 amide bonds. The van der Waals surface area contributed by atoms with Gasteiger partial charge in [-0.3, -0.25) is 0 Å². The molecule has 1 saturated heterocycles. The summed E-state index contributed by atoms with van der Waals surface area (Å²) in [7, 11) is 0. The highest BCUT2D eigenvalue weighted by molar-refractivity contribution is 4.92. The Morgan fingerprint density at radius 1 is 1.33 bits per heavy atom. The van der Waals surface area contributed by atoms with Gasteiger partial charge in [0.25, 0.3) is 0 Å². The Morgan fingerprint density at radius 3 is 3.00 bits per heavy atom. The largest absolute Gasteiger partial charge is 0.311 e. The normalized spacial score (nSPS) is 49.7. The zero-order chi connectivity index (χ0) is 6.27. The second kappa shape index (κ2) is 1.98. The molecule has 1 heteroatoms. The van der Waals surface area contributed by atoms with Crippen molar-refractivity contribution in [3.05, 3.63) is 0 Å². The van der Waals surface area contributed by atoms with Gasteiger partial charge in [-0.25, -0.2) is 0 Å². The van der Waals surface area contributed by atoms with Gasteiger partial charge in [-0.15, -0.1) is 0 Å². The summed E-state index contributed by atoms with van der Waals surface area (Å²) >= 11 is 0. The lowest BCUT2D eigenvalue weighted by atomic mass is 10.0. The Bertz CT molecular complexity index is 99.1. The number of rotatable bonds is 0. The average molecular weight is 125 g/mol. The highest BCUT2D eigenvalue weighted by Crippen LogP contribution is 2.34. The van der Waals surface area contributed by atoms with E-state index in [0.717, 1.165) is 18.0 Å². The van der Waals surface area contributed by atoms with Crippen molar-refractivity contribution < 1.29 is 0 Å². The van der Waals surface area contributed by atoms with E-state index < -0.39 is 0 Å². The van der Waals surface area contributed by atoms with Gasteiger partial charge < -0.3 is 5.32 Å². The molecule has 1 saturated carbocycles. The summed E-state index contributed by atoms with van der Waals surface area (Å²) in [6.45, 7) is 2.30. The van der Waals surface area contributed by atoms with Gasteiger partial charge in [-0.05, 0) is 32.1 Å². The first kappa shape index (κ1) is 5.72. The van der Waals surface area contributed by atoms with Crippen molar-refractivity contribution in [2.45, 2.75) is 44.7 Å². The first-order valence-corrected chi connectivity index (χ1v) is 4.12. The van der Waals surface area contributed by atoms with E-state index in [-0.39, 0.29) is 0 Å². The average Bonchev–Trinajstić information content (AvgIpc) is 2.22. The molecule has 9 heavy (non-hydrogen) atoms. The van der Waals surface area contributed by atoms with Gasteiger partial charge in [0.1, 0.15) is 0 Å². The summed E-state index contributed by atoms with van der Waals surface area (Å²) in [6, 6.07) is 1.71. The molecule has 0 spiro atoms. The molecule has 3 unspecified atom stereocenters. The summed E-state index contributed by atoms with van der Waals surface area (Å²) in [4.78, 5) is 0. The van der Waals surface area contributed by atoms with Crippen molar-refractivity contribution in [2.24, 2.45) is 5.92 Å². The second-order valence-corrected chi connectivity index (χ2v) is 3.60. The monoisotopic (exact) mass is 125 g/mol. The highest BCUT2D eigenvalue weighted by atomic mass is 15.0. The van der Waals surface area contributed by atoms with E-state index in [0.29, 0.717) is 0 Å². The van der Waals surface area contributed by atoms with E-state index in [4.69, 9.17) is 0 Å². The van der Waals surface area contributed by atoms with E-state index in [1.807, 2.05) is 0 Å². The Labute approximate surface area is 56.8 Å². The Balaban J connectivity index is 2.02. The summed E-state index contributed by atoms with van der Waals surface area (Å²) in [6.07, 6.45) is 5.83. The molecule has 3 atom stereocenters. The van der Waals surface area contributed by atoms with Crippen LogP contribution in [0.3, 0.4) is 0 Å².